The zero-order chi connectivity index (χ0) is 15.9. The van der Waals surface area contributed by atoms with Crippen molar-refractivity contribution in [2.24, 2.45) is 0 Å². The van der Waals surface area contributed by atoms with Gasteiger partial charge in [-0.15, -0.1) is 0 Å². The highest BCUT2D eigenvalue weighted by molar-refractivity contribution is 5.91. The number of rotatable bonds is 5. The van der Waals surface area contributed by atoms with E-state index < -0.39 is 0 Å². The molecular formula is C18H20N3O+. The van der Waals surface area contributed by atoms with E-state index in [1.165, 1.54) is 11.1 Å². The lowest BCUT2D eigenvalue weighted by atomic mass is 10.1. The number of nitriles is 1. The fourth-order valence-corrected chi connectivity index (χ4v) is 2.26. The van der Waals surface area contributed by atoms with E-state index in [1.807, 2.05) is 7.05 Å². The second-order valence-corrected chi connectivity index (χ2v) is 5.54. The third kappa shape index (κ3) is 4.72. The van der Waals surface area contributed by atoms with Gasteiger partial charge in [0.05, 0.1) is 18.7 Å². The number of carbonyl (C=O) groups is 1. The monoisotopic (exact) mass is 294 g/mol. The smallest absolute Gasteiger partial charge is 0.279 e. The van der Waals surface area contributed by atoms with Crippen molar-refractivity contribution in [3.63, 3.8) is 0 Å². The van der Waals surface area contributed by atoms with Crippen molar-refractivity contribution < 1.29 is 9.69 Å². The van der Waals surface area contributed by atoms with Gasteiger partial charge in [-0.05, 0) is 25.1 Å². The number of hydrogen-bond acceptors (Lipinski definition) is 2. The van der Waals surface area contributed by atoms with E-state index in [9.17, 15) is 4.79 Å². The average Bonchev–Trinajstić information content (AvgIpc) is 2.49. The van der Waals surface area contributed by atoms with E-state index >= 15 is 0 Å². The van der Waals surface area contributed by atoms with E-state index in [0.717, 1.165) is 11.4 Å². The van der Waals surface area contributed by atoms with Crippen molar-refractivity contribution in [2.45, 2.75) is 13.5 Å². The Balaban J connectivity index is 1.88. The molecule has 0 radical (unpaired) electrons. The molecule has 1 unspecified atom stereocenters. The average molecular weight is 294 g/mol. The Labute approximate surface area is 131 Å². The SMILES string of the molecule is Cc1ccc(C[NH+](C)CC(=O)Nc2cccc(C#N)c2)cc1. The summed E-state index contributed by atoms with van der Waals surface area (Å²) in [4.78, 5) is 13.2. The molecule has 0 aliphatic heterocycles. The minimum absolute atomic E-state index is 0.0558. The third-order valence-corrected chi connectivity index (χ3v) is 3.36. The summed E-state index contributed by atoms with van der Waals surface area (Å²) < 4.78 is 0. The van der Waals surface area contributed by atoms with Gasteiger partial charge in [0.25, 0.3) is 5.91 Å². The molecule has 0 aromatic heterocycles. The normalized spacial score (nSPS) is 11.5. The van der Waals surface area contributed by atoms with E-state index in [4.69, 9.17) is 5.26 Å². The molecule has 0 bridgehead atoms. The molecule has 2 aromatic rings. The highest BCUT2D eigenvalue weighted by atomic mass is 16.2. The van der Waals surface area contributed by atoms with Gasteiger partial charge < -0.3 is 10.2 Å². The van der Waals surface area contributed by atoms with Crippen LogP contribution in [0.2, 0.25) is 0 Å². The molecule has 4 nitrogen and oxygen atoms in total. The van der Waals surface area contributed by atoms with Gasteiger partial charge in [0.2, 0.25) is 0 Å². The maximum absolute atomic E-state index is 12.1. The van der Waals surface area contributed by atoms with Crippen LogP contribution in [-0.4, -0.2) is 19.5 Å². The predicted molar refractivity (Wildman–Crippen MR) is 86.4 cm³/mol. The first-order chi connectivity index (χ1) is 10.6. The van der Waals surface area contributed by atoms with E-state index in [2.05, 4.69) is 42.6 Å². The minimum Gasteiger partial charge on any atom is -0.326 e. The first kappa shape index (κ1) is 15.7. The number of hydrogen-bond donors (Lipinski definition) is 2. The Morgan fingerprint density at radius 2 is 1.95 bits per heavy atom. The summed E-state index contributed by atoms with van der Waals surface area (Å²) in [6.07, 6.45) is 0. The van der Waals surface area contributed by atoms with Crippen molar-refractivity contribution in [3.05, 3.63) is 65.2 Å². The van der Waals surface area contributed by atoms with Crippen LogP contribution in [0.4, 0.5) is 5.69 Å². The molecule has 0 saturated carbocycles. The molecule has 2 rings (SSSR count). The molecule has 0 aliphatic rings. The highest BCUT2D eigenvalue weighted by Crippen LogP contribution is 2.09. The van der Waals surface area contributed by atoms with Crippen LogP contribution >= 0.6 is 0 Å². The van der Waals surface area contributed by atoms with Crippen LogP contribution < -0.4 is 10.2 Å². The van der Waals surface area contributed by atoms with Gasteiger partial charge in [0.1, 0.15) is 6.54 Å². The van der Waals surface area contributed by atoms with Crippen molar-refractivity contribution in [1.82, 2.24) is 0 Å². The highest BCUT2D eigenvalue weighted by Gasteiger charge is 2.11. The van der Waals surface area contributed by atoms with Crippen LogP contribution in [0.3, 0.4) is 0 Å². The summed E-state index contributed by atoms with van der Waals surface area (Å²) in [5.41, 5.74) is 3.64. The number of nitrogens with zero attached hydrogens (tertiary/aromatic N) is 1. The molecule has 4 heteroatoms. The molecule has 0 heterocycles. The largest absolute Gasteiger partial charge is 0.326 e. The van der Waals surface area contributed by atoms with E-state index in [-0.39, 0.29) is 5.91 Å². The van der Waals surface area contributed by atoms with Gasteiger partial charge in [-0.1, -0.05) is 35.9 Å². The zero-order valence-corrected chi connectivity index (χ0v) is 12.9. The Morgan fingerprint density at radius 3 is 2.64 bits per heavy atom. The second kappa shape index (κ2) is 7.39. The molecule has 1 atom stereocenters. The van der Waals surface area contributed by atoms with Gasteiger partial charge in [0, 0.05) is 11.3 Å². The summed E-state index contributed by atoms with van der Waals surface area (Å²) in [5, 5.41) is 11.7. The van der Waals surface area contributed by atoms with Gasteiger partial charge in [-0.3, -0.25) is 4.79 Å². The Kier molecular flexibility index (Phi) is 5.29. The lowest BCUT2D eigenvalue weighted by Gasteiger charge is -2.14. The van der Waals surface area contributed by atoms with E-state index in [0.29, 0.717) is 17.8 Å². The number of carbonyl (C=O) groups excluding carboxylic acids is 1. The zero-order valence-electron chi connectivity index (χ0n) is 12.9. The topological polar surface area (TPSA) is 57.3 Å². The summed E-state index contributed by atoms with van der Waals surface area (Å²) in [7, 11) is 1.99. The van der Waals surface area contributed by atoms with Crippen LogP contribution in [0.25, 0.3) is 0 Å². The van der Waals surface area contributed by atoms with Crippen molar-refractivity contribution in [2.75, 3.05) is 18.9 Å². The molecule has 22 heavy (non-hydrogen) atoms. The van der Waals surface area contributed by atoms with E-state index in [1.54, 1.807) is 24.3 Å². The molecule has 0 aliphatic carbocycles. The first-order valence-corrected chi connectivity index (χ1v) is 7.23. The number of aryl methyl sites for hydroxylation is 1. The van der Waals surface area contributed by atoms with Crippen LogP contribution in [0.15, 0.2) is 48.5 Å². The standard InChI is InChI=1S/C18H19N3O/c1-14-6-8-15(9-7-14)12-21(2)13-18(22)20-17-5-3-4-16(10-17)11-19/h3-10H,12-13H2,1-2H3,(H,20,22)/p+1. The van der Waals surface area contributed by atoms with Crippen molar-refractivity contribution in [1.29, 1.82) is 5.26 Å². The summed E-state index contributed by atoms with van der Waals surface area (Å²) in [5.74, 6) is -0.0558. The fourth-order valence-electron chi connectivity index (χ4n) is 2.26. The molecule has 2 N–H and O–H groups in total. The first-order valence-electron chi connectivity index (χ1n) is 7.23. The maximum atomic E-state index is 12.1. The molecule has 0 saturated heterocycles. The lowest BCUT2D eigenvalue weighted by molar-refractivity contribution is -0.885. The summed E-state index contributed by atoms with van der Waals surface area (Å²) >= 11 is 0. The van der Waals surface area contributed by atoms with Gasteiger partial charge >= 0.3 is 0 Å². The molecule has 112 valence electrons. The number of nitrogens with one attached hydrogen (secondary N) is 2. The third-order valence-electron chi connectivity index (χ3n) is 3.36. The maximum Gasteiger partial charge on any atom is 0.279 e. The van der Waals surface area contributed by atoms with Gasteiger partial charge in [-0.2, -0.15) is 5.26 Å². The fraction of sp³-hybridized carbons (Fsp3) is 0.222. The second-order valence-electron chi connectivity index (χ2n) is 5.54. The quantitative estimate of drug-likeness (QED) is 0.878. The van der Waals surface area contributed by atoms with Gasteiger partial charge in [-0.25, -0.2) is 0 Å². The summed E-state index contributed by atoms with van der Waals surface area (Å²) in [6.45, 7) is 3.24. The molecule has 0 fully saturated rings. The Bertz CT molecular complexity index is 686. The van der Waals surface area contributed by atoms with Gasteiger partial charge in [0.15, 0.2) is 6.54 Å². The molecular weight excluding hydrogens is 274 g/mol. The Morgan fingerprint density at radius 1 is 1.23 bits per heavy atom. The summed E-state index contributed by atoms with van der Waals surface area (Å²) in [6, 6.07) is 17.3. The Hall–Kier alpha value is -2.64. The molecule has 1 amide bonds. The number of benzene rings is 2. The van der Waals surface area contributed by atoms with Crippen molar-refractivity contribution >= 4 is 11.6 Å². The number of amides is 1. The number of quaternary nitrogens is 1. The number of likely N-dealkylation sites (N-methyl/N-ethyl adjacent to an activating group) is 1. The van der Waals surface area contributed by atoms with Crippen LogP contribution in [0, 0.1) is 18.3 Å². The minimum atomic E-state index is -0.0558. The van der Waals surface area contributed by atoms with Crippen LogP contribution in [0.1, 0.15) is 16.7 Å². The lowest BCUT2D eigenvalue weighted by Crippen LogP contribution is -3.08. The van der Waals surface area contributed by atoms with Crippen molar-refractivity contribution in [3.8, 4) is 6.07 Å². The molecule has 0 spiro atoms. The van der Waals surface area contributed by atoms with Crippen LogP contribution in [-0.2, 0) is 11.3 Å². The molecule has 2 aromatic carbocycles. The number of anilines is 1. The van der Waals surface area contributed by atoms with Crippen LogP contribution in [0.5, 0.6) is 0 Å². The predicted octanol–water partition coefficient (Wildman–Crippen LogP) is 1.52.